The quantitative estimate of drug-likeness (QED) is 0.766. The molecule has 0 atom stereocenters. The van der Waals surface area contributed by atoms with Gasteiger partial charge in [0.2, 0.25) is 5.78 Å². The summed E-state index contributed by atoms with van der Waals surface area (Å²) in [5, 5.41) is -1.03. The molecule has 0 N–H and O–H groups in total. The molecule has 0 aliphatic rings. The molecule has 0 fully saturated rings. The number of rotatable bonds is 2. The smallest absolute Gasteiger partial charge is 0.443 e. The number of hydrogen-bond acceptors (Lipinski definition) is 4. The van der Waals surface area contributed by atoms with E-state index in [2.05, 4.69) is 9.40 Å². The predicted molar refractivity (Wildman–Crippen MR) is 49.3 cm³/mol. The highest BCUT2D eigenvalue weighted by Crippen LogP contribution is 2.33. The van der Waals surface area contributed by atoms with E-state index in [1.807, 2.05) is 0 Å². The minimum absolute atomic E-state index is 0.0614. The van der Waals surface area contributed by atoms with Crippen LogP contribution in [-0.4, -0.2) is 10.8 Å². The van der Waals surface area contributed by atoms with Gasteiger partial charge in [0.15, 0.2) is 5.01 Å². The van der Waals surface area contributed by atoms with Gasteiger partial charge in [-0.2, -0.15) is 13.2 Å². The molecule has 16 heavy (non-hydrogen) atoms. The number of thiazole rings is 1. The lowest BCUT2D eigenvalue weighted by atomic mass is 10.2. The van der Waals surface area contributed by atoms with Crippen LogP contribution in [0.5, 0.6) is 0 Å². The first-order valence-corrected chi connectivity index (χ1v) is 4.90. The third-order valence-electron chi connectivity index (χ3n) is 1.76. The summed E-state index contributed by atoms with van der Waals surface area (Å²) < 4.78 is 41.3. The molecule has 2 aromatic rings. The molecule has 3 nitrogen and oxygen atoms in total. The summed E-state index contributed by atoms with van der Waals surface area (Å²) in [5.74, 6) is -0.526. The summed E-state index contributed by atoms with van der Waals surface area (Å²) in [6.07, 6.45) is -1.14. The Morgan fingerprint density at radius 3 is 2.69 bits per heavy atom. The van der Waals surface area contributed by atoms with Gasteiger partial charge in [-0.05, 0) is 6.07 Å². The van der Waals surface area contributed by atoms with E-state index >= 15 is 0 Å². The molecule has 0 radical (unpaired) electrons. The van der Waals surface area contributed by atoms with Crippen LogP contribution in [0.15, 0.2) is 29.2 Å². The first-order chi connectivity index (χ1) is 7.48. The molecule has 7 heteroatoms. The van der Waals surface area contributed by atoms with Crippen molar-refractivity contribution < 1.29 is 22.4 Å². The molecular weight excluding hydrogens is 243 g/mol. The molecule has 0 spiro atoms. The van der Waals surface area contributed by atoms with Crippen LogP contribution in [0.4, 0.5) is 13.2 Å². The van der Waals surface area contributed by atoms with Gasteiger partial charge in [-0.15, -0.1) is 11.3 Å². The molecule has 2 rings (SSSR count). The number of carbonyl (C=O) groups is 1. The van der Waals surface area contributed by atoms with Gasteiger partial charge >= 0.3 is 6.18 Å². The predicted octanol–water partition coefficient (Wildman–Crippen LogP) is 2.99. The Balaban J connectivity index is 2.30. The summed E-state index contributed by atoms with van der Waals surface area (Å²) in [6, 6.07) is 1.38. The Hall–Kier alpha value is -1.63. The molecular formula is C9H4F3NO2S. The fraction of sp³-hybridized carbons (Fsp3) is 0.111. The topological polar surface area (TPSA) is 43.1 Å². The van der Waals surface area contributed by atoms with E-state index < -0.39 is 17.0 Å². The average Bonchev–Trinajstić information content (AvgIpc) is 2.87. The molecule has 0 saturated heterocycles. The second kappa shape index (κ2) is 3.75. The molecule has 0 bridgehead atoms. The maximum Gasteiger partial charge on any atom is 0.443 e. The zero-order chi connectivity index (χ0) is 11.8. The maximum atomic E-state index is 12.2. The largest absolute Gasteiger partial charge is 0.472 e. The first kappa shape index (κ1) is 10.9. The number of hydrogen-bond donors (Lipinski definition) is 0. The molecule has 84 valence electrons. The van der Waals surface area contributed by atoms with E-state index in [1.54, 1.807) is 0 Å². The summed E-state index contributed by atoms with van der Waals surface area (Å²) in [7, 11) is 0. The monoisotopic (exact) mass is 247 g/mol. The standard InChI is InChI=1S/C9H4F3NO2S/c10-9(11,12)8-13-3-6(16-8)7(14)5-1-2-15-4-5/h1-4H. The molecule has 0 amide bonds. The van der Waals surface area contributed by atoms with E-state index in [-0.39, 0.29) is 10.4 Å². The third kappa shape index (κ3) is 1.99. The van der Waals surface area contributed by atoms with E-state index in [1.165, 1.54) is 18.6 Å². The maximum absolute atomic E-state index is 12.2. The molecule has 0 aliphatic carbocycles. The van der Waals surface area contributed by atoms with Crippen LogP contribution in [0.25, 0.3) is 0 Å². The zero-order valence-corrected chi connectivity index (χ0v) is 8.43. The average molecular weight is 247 g/mol. The van der Waals surface area contributed by atoms with E-state index in [0.29, 0.717) is 11.3 Å². The number of ketones is 1. The van der Waals surface area contributed by atoms with Crippen molar-refractivity contribution in [2.75, 3.05) is 0 Å². The van der Waals surface area contributed by atoms with Crippen LogP contribution in [0.1, 0.15) is 20.2 Å². The Kier molecular flexibility index (Phi) is 2.55. The summed E-state index contributed by atoms with van der Waals surface area (Å²) in [4.78, 5) is 14.7. The van der Waals surface area contributed by atoms with Crippen LogP contribution in [0.3, 0.4) is 0 Å². The van der Waals surface area contributed by atoms with Crippen LogP contribution in [0, 0.1) is 0 Å². The van der Waals surface area contributed by atoms with Crippen LogP contribution in [0.2, 0.25) is 0 Å². The highest BCUT2D eigenvalue weighted by molar-refractivity contribution is 7.13. The van der Waals surface area contributed by atoms with Gasteiger partial charge in [-0.3, -0.25) is 4.79 Å². The van der Waals surface area contributed by atoms with E-state index in [9.17, 15) is 18.0 Å². The fourth-order valence-electron chi connectivity index (χ4n) is 1.05. The summed E-state index contributed by atoms with van der Waals surface area (Å²) in [6.45, 7) is 0. The Bertz CT molecular complexity index is 501. The Labute approximate surface area is 91.5 Å². The minimum atomic E-state index is -4.51. The van der Waals surface area contributed by atoms with Crippen molar-refractivity contribution >= 4 is 17.1 Å². The normalized spacial score (nSPS) is 11.7. The molecule has 2 aromatic heterocycles. The van der Waals surface area contributed by atoms with Crippen molar-refractivity contribution in [3.63, 3.8) is 0 Å². The van der Waals surface area contributed by atoms with Gasteiger partial charge in [-0.1, -0.05) is 0 Å². The SMILES string of the molecule is O=C(c1ccoc1)c1cnc(C(F)(F)F)s1. The van der Waals surface area contributed by atoms with Crippen molar-refractivity contribution in [3.05, 3.63) is 40.2 Å². The second-order valence-corrected chi connectivity index (χ2v) is 3.90. The van der Waals surface area contributed by atoms with Gasteiger partial charge in [0.05, 0.1) is 16.7 Å². The van der Waals surface area contributed by atoms with E-state index in [4.69, 9.17) is 0 Å². The summed E-state index contributed by atoms with van der Waals surface area (Å²) in [5.41, 5.74) is 0.206. The molecule has 0 unspecified atom stereocenters. The van der Waals surface area contributed by atoms with Gasteiger partial charge in [-0.25, -0.2) is 4.98 Å². The van der Waals surface area contributed by atoms with Crippen molar-refractivity contribution in [2.45, 2.75) is 6.18 Å². The summed E-state index contributed by atoms with van der Waals surface area (Å²) >= 11 is 0.319. The van der Waals surface area contributed by atoms with Crippen molar-refractivity contribution in [3.8, 4) is 0 Å². The number of carbonyl (C=O) groups excluding carboxylic acids is 1. The number of halogens is 3. The van der Waals surface area contributed by atoms with Crippen molar-refractivity contribution in [1.29, 1.82) is 0 Å². The van der Waals surface area contributed by atoms with Crippen molar-refractivity contribution in [2.24, 2.45) is 0 Å². The van der Waals surface area contributed by atoms with Gasteiger partial charge in [0.25, 0.3) is 0 Å². The lowest BCUT2D eigenvalue weighted by molar-refractivity contribution is -0.137. The molecule has 0 saturated carbocycles. The Morgan fingerprint density at radius 2 is 2.19 bits per heavy atom. The first-order valence-electron chi connectivity index (χ1n) is 4.08. The highest BCUT2D eigenvalue weighted by atomic mass is 32.1. The molecule has 0 aliphatic heterocycles. The zero-order valence-electron chi connectivity index (χ0n) is 7.62. The third-order valence-corrected chi connectivity index (χ3v) is 2.80. The number of alkyl halides is 3. The second-order valence-electron chi connectivity index (χ2n) is 2.87. The van der Waals surface area contributed by atoms with Crippen LogP contribution < -0.4 is 0 Å². The number of nitrogens with zero attached hydrogens (tertiary/aromatic N) is 1. The van der Waals surface area contributed by atoms with Gasteiger partial charge < -0.3 is 4.42 Å². The number of aromatic nitrogens is 1. The lowest BCUT2D eigenvalue weighted by Gasteiger charge is -1.98. The van der Waals surface area contributed by atoms with Gasteiger partial charge in [0, 0.05) is 6.20 Å². The van der Waals surface area contributed by atoms with Crippen LogP contribution >= 0.6 is 11.3 Å². The molecule has 0 aromatic carbocycles. The van der Waals surface area contributed by atoms with Gasteiger partial charge in [0.1, 0.15) is 6.26 Å². The fourth-order valence-corrected chi connectivity index (χ4v) is 1.79. The molecule has 2 heterocycles. The minimum Gasteiger partial charge on any atom is -0.472 e. The Morgan fingerprint density at radius 1 is 1.44 bits per heavy atom. The van der Waals surface area contributed by atoms with Crippen molar-refractivity contribution in [1.82, 2.24) is 4.98 Å². The lowest BCUT2D eigenvalue weighted by Crippen LogP contribution is -2.03. The highest BCUT2D eigenvalue weighted by Gasteiger charge is 2.35. The van der Waals surface area contributed by atoms with Crippen LogP contribution in [-0.2, 0) is 6.18 Å². The van der Waals surface area contributed by atoms with E-state index in [0.717, 1.165) is 6.20 Å². The number of furan rings is 1.